The van der Waals surface area contributed by atoms with Gasteiger partial charge in [0.05, 0.1) is 23.3 Å². The summed E-state index contributed by atoms with van der Waals surface area (Å²) in [7, 11) is 0. The lowest BCUT2D eigenvalue weighted by atomic mass is 10.3. The van der Waals surface area contributed by atoms with Crippen LogP contribution in [0.25, 0.3) is 11.0 Å². The maximum atomic E-state index is 12.2. The smallest absolute Gasteiger partial charge is 0.240 e. The van der Waals surface area contributed by atoms with Crippen molar-refractivity contribution in [1.29, 1.82) is 0 Å². The Hall–Kier alpha value is -1.79. The summed E-state index contributed by atoms with van der Waals surface area (Å²) in [5, 5.41) is 4.99. The van der Waals surface area contributed by atoms with Crippen LogP contribution in [0.5, 0.6) is 0 Å². The molecule has 3 rings (SSSR count). The number of nitrogens with one attached hydrogen (secondary N) is 1. The van der Waals surface area contributed by atoms with Gasteiger partial charge in [-0.25, -0.2) is 4.98 Å². The van der Waals surface area contributed by atoms with E-state index in [0.29, 0.717) is 13.1 Å². The van der Waals surface area contributed by atoms with Gasteiger partial charge >= 0.3 is 0 Å². The molecule has 22 heavy (non-hydrogen) atoms. The van der Waals surface area contributed by atoms with Gasteiger partial charge in [0.1, 0.15) is 12.4 Å². The Kier molecular flexibility index (Phi) is 4.80. The van der Waals surface area contributed by atoms with E-state index in [-0.39, 0.29) is 5.91 Å². The zero-order valence-electron chi connectivity index (χ0n) is 12.3. The maximum absolute atomic E-state index is 12.2. The van der Waals surface area contributed by atoms with Crippen LogP contribution in [-0.4, -0.2) is 21.7 Å². The topological polar surface area (TPSA) is 46.9 Å². The number of para-hydroxylation sites is 2. The predicted octanol–water partition coefficient (Wildman–Crippen LogP) is 3.28. The van der Waals surface area contributed by atoms with Crippen molar-refractivity contribution < 1.29 is 4.79 Å². The van der Waals surface area contributed by atoms with Crippen molar-refractivity contribution >= 4 is 40.0 Å². The van der Waals surface area contributed by atoms with E-state index in [1.165, 1.54) is 0 Å². The molecule has 0 aliphatic rings. The van der Waals surface area contributed by atoms with Crippen LogP contribution in [0.4, 0.5) is 0 Å². The molecule has 0 saturated carbocycles. The third kappa shape index (κ3) is 3.34. The van der Waals surface area contributed by atoms with Gasteiger partial charge < -0.3 is 9.88 Å². The summed E-state index contributed by atoms with van der Waals surface area (Å²) in [5.41, 5.74) is 1.95. The molecule has 0 atom stereocenters. The predicted molar refractivity (Wildman–Crippen MR) is 93.1 cm³/mol. The molecule has 2 aromatic heterocycles. The number of hydrogen-bond donors (Lipinski definition) is 1. The number of aromatic nitrogens is 2. The molecule has 1 amide bonds. The summed E-state index contributed by atoms with van der Waals surface area (Å²) in [5.74, 6) is 1.76. The molecule has 4 nitrogen and oxygen atoms in total. The fourth-order valence-electron chi connectivity index (χ4n) is 2.34. The minimum absolute atomic E-state index is 0.0129. The van der Waals surface area contributed by atoms with Crippen LogP contribution in [0.3, 0.4) is 0 Å². The molecule has 0 bridgehead atoms. The Bertz CT molecular complexity index is 765. The number of hydrogen-bond acceptors (Lipinski definition) is 4. The van der Waals surface area contributed by atoms with E-state index in [2.05, 4.69) is 10.3 Å². The van der Waals surface area contributed by atoms with E-state index in [9.17, 15) is 4.79 Å². The van der Waals surface area contributed by atoms with Crippen LogP contribution >= 0.6 is 23.1 Å². The van der Waals surface area contributed by atoms with E-state index in [4.69, 9.17) is 0 Å². The van der Waals surface area contributed by atoms with Crippen LogP contribution < -0.4 is 5.32 Å². The fourth-order valence-corrected chi connectivity index (χ4v) is 3.46. The SMILES string of the molecule is CSCc1nc2ccccc2n1CC(=O)NCc1cccs1. The van der Waals surface area contributed by atoms with Gasteiger partial charge in [0.2, 0.25) is 5.91 Å². The van der Waals surface area contributed by atoms with E-state index in [1.807, 2.05) is 52.6 Å². The highest BCUT2D eigenvalue weighted by atomic mass is 32.2. The zero-order chi connectivity index (χ0) is 15.4. The second-order valence-electron chi connectivity index (χ2n) is 4.89. The molecule has 0 fully saturated rings. The molecule has 0 radical (unpaired) electrons. The minimum atomic E-state index is 0.0129. The average molecular weight is 331 g/mol. The Labute approximate surface area is 137 Å². The average Bonchev–Trinajstić information content (AvgIpc) is 3.15. The Morgan fingerprint density at radius 1 is 1.32 bits per heavy atom. The van der Waals surface area contributed by atoms with Crippen LogP contribution in [0.1, 0.15) is 10.7 Å². The highest BCUT2D eigenvalue weighted by molar-refractivity contribution is 7.97. The molecule has 3 aromatic rings. The summed E-state index contributed by atoms with van der Waals surface area (Å²) < 4.78 is 2.01. The van der Waals surface area contributed by atoms with E-state index in [0.717, 1.165) is 27.5 Å². The number of benzene rings is 1. The molecule has 1 aromatic carbocycles. The van der Waals surface area contributed by atoms with Gasteiger partial charge in [-0.3, -0.25) is 4.79 Å². The number of thiophene rings is 1. The van der Waals surface area contributed by atoms with Crippen molar-refractivity contribution in [3.05, 3.63) is 52.5 Å². The van der Waals surface area contributed by atoms with Crippen LogP contribution in [0.15, 0.2) is 41.8 Å². The molecule has 2 heterocycles. The first kappa shape index (κ1) is 15.1. The minimum Gasteiger partial charge on any atom is -0.350 e. The number of nitrogens with zero attached hydrogens (tertiary/aromatic N) is 2. The van der Waals surface area contributed by atoms with Gasteiger partial charge in [-0.1, -0.05) is 18.2 Å². The number of fused-ring (bicyclic) bond motifs is 1. The molecule has 114 valence electrons. The first-order valence-corrected chi connectivity index (χ1v) is 9.27. The third-order valence-electron chi connectivity index (χ3n) is 3.35. The third-order valence-corrected chi connectivity index (χ3v) is 4.77. The number of carbonyl (C=O) groups excluding carboxylic acids is 1. The van der Waals surface area contributed by atoms with Crippen molar-refractivity contribution in [2.24, 2.45) is 0 Å². The Morgan fingerprint density at radius 2 is 2.18 bits per heavy atom. The molecule has 0 spiro atoms. The number of imidazole rings is 1. The second kappa shape index (κ2) is 6.98. The first-order chi connectivity index (χ1) is 10.8. The highest BCUT2D eigenvalue weighted by Crippen LogP contribution is 2.18. The van der Waals surface area contributed by atoms with Crippen molar-refractivity contribution in [3.8, 4) is 0 Å². The number of amides is 1. The van der Waals surface area contributed by atoms with Gasteiger partial charge in [0.15, 0.2) is 0 Å². The molecule has 0 saturated heterocycles. The molecular weight excluding hydrogens is 314 g/mol. The monoisotopic (exact) mass is 331 g/mol. The van der Waals surface area contributed by atoms with Crippen molar-refractivity contribution in [1.82, 2.24) is 14.9 Å². The normalized spacial score (nSPS) is 11.0. The molecular formula is C16H17N3OS2. The maximum Gasteiger partial charge on any atom is 0.240 e. The van der Waals surface area contributed by atoms with Gasteiger partial charge in [0.25, 0.3) is 0 Å². The van der Waals surface area contributed by atoms with E-state index >= 15 is 0 Å². The number of rotatable bonds is 6. The van der Waals surface area contributed by atoms with Gasteiger partial charge in [-0.2, -0.15) is 11.8 Å². The van der Waals surface area contributed by atoms with Crippen molar-refractivity contribution in [3.63, 3.8) is 0 Å². The van der Waals surface area contributed by atoms with Crippen LogP contribution in [0, 0.1) is 0 Å². The lowest BCUT2D eigenvalue weighted by Crippen LogP contribution is -2.27. The van der Waals surface area contributed by atoms with Crippen molar-refractivity contribution in [2.75, 3.05) is 6.26 Å². The fraction of sp³-hybridized carbons (Fsp3) is 0.250. The van der Waals surface area contributed by atoms with Crippen LogP contribution in [0.2, 0.25) is 0 Å². The number of thioether (sulfide) groups is 1. The summed E-state index contributed by atoms with van der Waals surface area (Å²) in [6.07, 6.45) is 2.04. The van der Waals surface area contributed by atoms with E-state index in [1.54, 1.807) is 23.1 Å². The van der Waals surface area contributed by atoms with Crippen molar-refractivity contribution in [2.45, 2.75) is 18.8 Å². The molecule has 6 heteroatoms. The summed E-state index contributed by atoms with van der Waals surface area (Å²) >= 11 is 3.36. The van der Waals surface area contributed by atoms with Gasteiger partial charge in [-0.15, -0.1) is 11.3 Å². The lowest BCUT2D eigenvalue weighted by Gasteiger charge is -2.09. The summed E-state index contributed by atoms with van der Waals surface area (Å²) in [6, 6.07) is 12.0. The summed E-state index contributed by atoms with van der Waals surface area (Å²) in [4.78, 5) is 18.0. The molecule has 1 N–H and O–H groups in total. The lowest BCUT2D eigenvalue weighted by molar-refractivity contribution is -0.121. The number of carbonyl (C=O) groups is 1. The standard InChI is InChI=1S/C16H17N3OS2/c1-21-11-15-18-13-6-2-3-7-14(13)19(15)10-16(20)17-9-12-5-4-8-22-12/h2-8H,9-11H2,1H3,(H,17,20). The van der Waals surface area contributed by atoms with Gasteiger partial charge in [-0.05, 0) is 29.8 Å². The quantitative estimate of drug-likeness (QED) is 0.754. The van der Waals surface area contributed by atoms with E-state index < -0.39 is 0 Å². The molecule has 0 aliphatic heterocycles. The van der Waals surface area contributed by atoms with Gasteiger partial charge in [0, 0.05) is 4.88 Å². The zero-order valence-corrected chi connectivity index (χ0v) is 13.9. The van der Waals surface area contributed by atoms with Crippen LogP contribution in [-0.2, 0) is 23.6 Å². The highest BCUT2D eigenvalue weighted by Gasteiger charge is 2.13. The second-order valence-corrected chi connectivity index (χ2v) is 6.79. The largest absolute Gasteiger partial charge is 0.350 e. The Morgan fingerprint density at radius 3 is 2.95 bits per heavy atom. The molecule has 0 unspecified atom stereocenters. The summed E-state index contributed by atoms with van der Waals surface area (Å²) in [6.45, 7) is 0.892. The first-order valence-electron chi connectivity index (χ1n) is 7.00. The molecule has 0 aliphatic carbocycles. The Balaban J connectivity index is 1.76.